The lowest BCUT2D eigenvalue weighted by Gasteiger charge is -2.49. The Kier molecular flexibility index (Phi) is 5.64. The molecule has 3 amide bonds. The second-order valence-corrected chi connectivity index (χ2v) is 9.20. The van der Waals surface area contributed by atoms with Gasteiger partial charge in [-0.15, -0.1) is 23.1 Å². The van der Waals surface area contributed by atoms with Gasteiger partial charge in [-0.25, -0.2) is 9.78 Å². The summed E-state index contributed by atoms with van der Waals surface area (Å²) in [7, 11) is 1.66. The number of likely N-dealkylation sites (N-methyl/N-ethyl adjacent to an activating group) is 1. The van der Waals surface area contributed by atoms with Gasteiger partial charge in [0.2, 0.25) is 5.91 Å². The van der Waals surface area contributed by atoms with Crippen molar-refractivity contribution < 1.29 is 29.5 Å². The van der Waals surface area contributed by atoms with E-state index in [9.17, 15) is 29.5 Å². The lowest BCUT2D eigenvalue weighted by Crippen LogP contribution is -2.71. The number of aliphatic carboxylic acids is 1. The summed E-state index contributed by atoms with van der Waals surface area (Å²) in [5.41, 5.74) is 5.83. The normalized spacial score (nSPS) is 24.7. The van der Waals surface area contributed by atoms with Crippen molar-refractivity contribution in [2.24, 2.45) is 5.16 Å². The van der Waals surface area contributed by atoms with Gasteiger partial charge < -0.3 is 26.3 Å². The molecule has 2 fully saturated rings. The Hall–Kier alpha value is -3.39. The standard InChI is InChI=1S/C18H18N6O6S2/c1-23-3-2-7(14(23)26)4-8-5-31-16-11(15(27)24(16)12(8)17(28)29)21-13(25)10(22-30)9-6-32-18(19)20-9/h4,6,11,16,30H,2-3,5H2,1H3,(H2,19,20)(H,21,25)(H,28,29). The Balaban J connectivity index is 1.55. The zero-order valence-corrected chi connectivity index (χ0v) is 18.3. The largest absolute Gasteiger partial charge is 0.477 e. The molecule has 0 spiro atoms. The summed E-state index contributed by atoms with van der Waals surface area (Å²) in [6.45, 7) is 0.548. The second kappa shape index (κ2) is 8.27. The highest BCUT2D eigenvalue weighted by molar-refractivity contribution is 8.00. The van der Waals surface area contributed by atoms with Crippen LogP contribution in [-0.4, -0.2) is 85.3 Å². The second-order valence-electron chi connectivity index (χ2n) is 7.21. The Morgan fingerprint density at radius 2 is 2.16 bits per heavy atom. The minimum Gasteiger partial charge on any atom is -0.477 e. The van der Waals surface area contributed by atoms with Crippen LogP contribution in [0.25, 0.3) is 0 Å². The molecule has 1 aromatic heterocycles. The SMILES string of the molecule is CN1CCC(=CC2=C(C(=O)O)N3C(=O)C(NC(=O)C(=NO)c4csc(N)n4)C3SC2)C1=O. The number of thiazole rings is 1. The zero-order chi connectivity index (χ0) is 23.2. The summed E-state index contributed by atoms with van der Waals surface area (Å²) in [4.78, 5) is 56.0. The van der Waals surface area contributed by atoms with Gasteiger partial charge >= 0.3 is 5.97 Å². The van der Waals surface area contributed by atoms with Gasteiger partial charge in [0.05, 0.1) is 0 Å². The number of oxime groups is 1. The molecule has 0 aromatic carbocycles. The fourth-order valence-electron chi connectivity index (χ4n) is 3.66. The first kappa shape index (κ1) is 21.8. The average Bonchev–Trinajstić information content (AvgIpc) is 3.32. The molecule has 4 heterocycles. The maximum absolute atomic E-state index is 12.8. The Labute approximate surface area is 189 Å². The minimum atomic E-state index is -1.30. The lowest BCUT2D eigenvalue weighted by atomic mass is 10.0. The summed E-state index contributed by atoms with van der Waals surface area (Å²) < 4.78 is 0. The van der Waals surface area contributed by atoms with E-state index in [2.05, 4.69) is 15.5 Å². The molecule has 2 atom stereocenters. The third-order valence-corrected chi connectivity index (χ3v) is 7.23. The number of β-lactam (4-membered cyclic amide) rings is 1. The summed E-state index contributed by atoms with van der Waals surface area (Å²) in [5.74, 6) is -2.69. The third kappa shape index (κ3) is 3.60. The third-order valence-electron chi connectivity index (χ3n) is 5.25. The van der Waals surface area contributed by atoms with E-state index in [4.69, 9.17) is 5.73 Å². The number of hydrogen-bond acceptors (Lipinski definition) is 10. The first-order chi connectivity index (χ1) is 15.2. The molecule has 2 unspecified atom stereocenters. The molecule has 5 N–H and O–H groups in total. The Morgan fingerprint density at radius 3 is 2.72 bits per heavy atom. The van der Waals surface area contributed by atoms with E-state index in [0.29, 0.717) is 24.1 Å². The first-order valence-corrected chi connectivity index (χ1v) is 11.3. The number of fused-ring (bicyclic) bond motifs is 1. The van der Waals surface area contributed by atoms with E-state index in [1.165, 1.54) is 17.1 Å². The van der Waals surface area contributed by atoms with Gasteiger partial charge in [-0.2, -0.15) is 0 Å². The highest BCUT2D eigenvalue weighted by Gasteiger charge is 2.54. The smallest absolute Gasteiger partial charge is 0.352 e. The Bertz CT molecular complexity index is 1120. The van der Waals surface area contributed by atoms with Gasteiger partial charge in [-0.05, 0) is 18.1 Å². The van der Waals surface area contributed by atoms with Crippen molar-refractivity contribution in [3.05, 3.63) is 34.0 Å². The van der Waals surface area contributed by atoms with Crippen LogP contribution in [0.1, 0.15) is 12.1 Å². The number of carboxylic acids is 1. The minimum absolute atomic E-state index is 0.0543. The fraction of sp³-hybridized carbons (Fsp3) is 0.333. The Morgan fingerprint density at radius 1 is 1.41 bits per heavy atom. The van der Waals surface area contributed by atoms with Crippen molar-refractivity contribution in [3.8, 4) is 0 Å². The monoisotopic (exact) mass is 478 g/mol. The summed E-state index contributed by atoms with van der Waals surface area (Å²) in [5, 5.41) is 25.3. The number of hydrogen-bond donors (Lipinski definition) is 4. The molecule has 1 aromatic rings. The molecule has 0 saturated carbocycles. The number of nitrogen functional groups attached to an aromatic ring is 1. The number of carboxylic acid groups (broad SMARTS) is 1. The molecule has 168 valence electrons. The van der Waals surface area contributed by atoms with Crippen molar-refractivity contribution in [1.82, 2.24) is 20.1 Å². The van der Waals surface area contributed by atoms with Gasteiger partial charge in [0.25, 0.3) is 11.8 Å². The molecule has 0 aliphatic carbocycles. The van der Waals surface area contributed by atoms with E-state index in [-0.39, 0.29) is 28.2 Å². The van der Waals surface area contributed by atoms with Crippen molar-refractivity contribution >= 4 is 57.6 Å². The van der Waals surface area contributed by atoms with E-state index < -0.39 is 34.9 Å². The molecule has 3 aliphatic heterocycles. The summed E-state index contributed by atoms with van der Waals surface area (Å²) in [6, 6.07) is -1.01. The van der Waals surface area contributed by atoms with Crippen LogP contribution in [-0.2, 0) is 19.2 Å². The molecule has 0 radical (unpaired) electrons. The van der Waals surface area contributed by atoms with Gasteiger partial charge in [-0.1, -0.05) is 5.16 Å². The predicted molar refractivity (Wildman–Crippen MR) is 115 cm³/mol. The molecule has 14 heteroatoms. The van der Waals surface area contributed by atoms with Gasteiger partial charge in [0.1, 0.15) is 22.8 Å². The number of amides is 3. The van der Waals surface area contributed by atoms with Crippen LogP contribution in [0.4, 0.5) is 5.13 Å². The maximum Gasteiger partial charge on any atom is 0.352 e. The zero-order valence-electron chi connectivity index (χ0n) is 16.6. The van der Waals surface area contributed by atoms with Crippen LogP contribution in [0, 0.1) is 0 Å². The van der Waals surface area contributed by atoms with Crippen molar-refractivity contribution in [3.63, 3.8) is 0 Å². The van der Waals surface area contributed by atoms with Gasteiger partial charge in [-0.3, -0.25) is 19.3 Å². The van der Waals surface area contributed by atoms with Crippen LogP contribution >= 0.6 is 23.1 Å². The number of nitrogens with one attached hydrogen (secondary N) is 1. The fourth-order valence-corrected chi connectivity index (χ4v) is 5.51. The van der Waals surface area contributed by atoms with Crippen molar-refractivity contribution in [2.75, 3.05) is 25.1 Å². The number of anilines is 1. The number of allylic oxidation sites excluding steroid dienone is 1. The highest BCUT2D eigenvalue weighted by Crippen LogP contribution is 2.41. The van der Waals surface area contributed by atoms with Crippen molar-refractivity contribution in [2.45, 2.75) is 17.8 Å². The number of thioether (sulfide) groups is 1. The lowest BCUT2D eigenvalue weighted by molar-refractivity contribution is -0.150. The highest BCUT2D eigenvalue weighted by atomic mass is 32.2. The average molecular weight is 479 g/mol. The number of carbonyl (C=O) groups is 4. The number of rotatable bonds is 5. The summed E-state index contributed by atoms with van der Waals surface area (Å²) >= 11 is 2.32. The molecule has 12 nitrogen and oxygen atoms in total. The first-order valence-electron chi connectivity index (χ1n) is 9.34. The molecule has 3 aliphatic rings. The predicted octanol–water partition coefficient (Wildman–Crippen LogP) is -0.569. The molecule has 2 saturated heterocycles. The number of nitrogens with zero attached hydrogens (tertiary/aromatic N) is 4. The molecular weight excluding hydrogens is 460 g/mol. The number of aromatic nitrogens is 1. The van der Waals surface area contributed by atoms with Crippen LogP contribution in [0.3, 0.4) is 0 Å². The van der Waals surface area contributed by atoms with Crippen molar-refractivity contribution in [1.29, 1.82) is 0 Å². The van der Waals surface area contributed by atoms with Gasteiger partial charge in [0.15, 0.2) is 10.8 Å². The molecule has 0 bridgehead atoms. The van der Waals surface area contributed by atoms with E-state index in [1.807, 2.05) is 0 Å². The molecule has 32 heavy (non-hydrogen) atoms. The number of nitrogens with two attached hydrogens (primary N) is 1. The van der Waals surface area contributed by atoms with Crippen LogP contribution < -0.4 is 11.1 Å². The van der Waals surface area contributed by atoms with E-state index in [1.54, 1.807) is 18.0 Å². The maximum atomic E-state index is 12.8. The molecular formula is C18H18N6O6S2. The number of carbonyl (C=O) groups excluding carboxylic acids is 3. The molecule has 4 rings (SSSR count). The van der Waals surface area contributed by atoms with Gasteiger partial charge in [0, 0.05) is 30.3 Å². The summed E-state index contributed by atoms with van der Waals surface area (Å²) in [6.07, 6.45) is 2.04. The van der Waals surface area contributed by atoms with Crippen LogP contribution in [0.15, 0.2) is 33.5 Å². The van der Waals surface area contributed by atoms with E-state index >= 15 is 0 Å². The quantitative estimate of drug-likeness (QED) is 0.142. The topological polar surface area (TPSA) is 179 Å². The van der Waals surface area contributed by atoms with E-state index in [0.717, 1.165) is 16.2 Å². The van der Waals surface area contributed by atoms with Crippen LogP contribution in [0.2, 0.25) is 0 Å². The number of likely N-dealkylation sites (tertiary alicyclic amines) is 1. The van der Waals surface area contributed by atoms with Crippen LogP contribution in [0.5, 0.6) is 0 Å².